The molecule has 1 heterocycles. The predicted molar refractivity (Wildman–Crippen MR) is 60.6 cm³/mol. The van der Waals surface area contributed by atoms with Crippen LogP contribution < -0.4 is 5.76 Å². The molecule has 1 aromatic carbocycles. The number of oxazole rings is 1. The van der Waals surface area contributed by atoms with Crippen LogP contribution >= 0.6 is 0 Å². The van der Waals surface area contributed by atoms with E-state index in [0.29, 0.717) is 16.7 Å². The minimum atomic E-state index is -0.425. The molecule has 0 saturated carbocycles. The molecule has 1 aromatic heterocycles. The molecule has 0 radical (unpaired) electrons. The van der Waals surface area contributed by atoms with Crippen molar-refractivity contribution in [3.05, 3.63) is 46.5 Å². The summed E-state index contributed by atoms with van der Waals surface area (Å²) in [5.74, 6) is -0.526. The smallest absolute Gasteiger partial charge is 0.408 e. The topological polar surface area (TPSA) is 52.2 Å². The summed E-state index contributed by atoms with van der Waals surface area (Å²) < 4.78 is 6.40. The van der Waals surface area contributed by atoms with Crippen molar-refractivity contribution in [3.8, 4) is 0 Å². The van der Waals surface area contributed by atoms with Gasteiger partial charge in [-0.3, -0.25) is 9.36 Å². The largest absolute Gasteiger partial charge is 0.419 e. The Morgan fingerprint density at radius 1 is 1.44 bits per heavy atom. The van der Waals surface area contributed by atoms with Crippen molar-refractivity contribution in [2.24, 2.45) is 7.05 Å². The number of nitrogens with zero attached hydrogens (tertiary/aromatic N) is 1. The van der Waals surface area contributed by atoms with E-state index in [9.17, 15) is 9.59 Å². The van der Waals surface area contributed by atoms with Crippen molar-refractivity contribution in [3.63, 3.8) is 0 Å². The second kappa shape index (κ2) is 3.81. The Kier molecular flexibility index (Phi) is 2.48. The van der Waals surface area contributed by atoms with E-state index >= 15 is 0 Å². The van der Waals surface area contributed by atoms with Crippen LogP contribution in [0.4, 0.5) is 0 Å². The van der Waals surface area contributed by atoms with Gasteiger partial charge in [-0.05, 0) is 31.2 Å². The zero-order valence-electron chi connectivity index (χ0n) is 9.06. The Labute approximate surface area is 91.8 Å². The Morgan fingerprint density at radius 2 is 2.19 bits per heavy atom. The highest BCUT2D eigenvalue weighted by Gasteiger charge is 2.08. The second-order valence-electron chi connectivity index (χ2n) is 3.47. The summed E-state index contributed by atoms with van der Waals surface area (Å²) in [6, 6.07) is 4.97. The molecular formula is C12H11NO3. The molecule has 2 aromatic rings. The zero-order chi connectivity index (χ0) is 11.7. The molecule has 0 N–H and O–H groups in total. The summed E-state index contributed by atoms with van der Waals surface area (Å²) in [5, 5.41) is 0. The molecule has 4 heteroatoms. The van der Waals surface area contributed by atoms with Gasteiger partial charge in [0.15, 0.2) is 11.4 Å². The van der Waals surface area contributed by atoms with Gasteiger partial charge in [0.05, 0.1) is 5.52 Å². The third kappa shape index (κ3) is 1.58. The Bertz CT molecular complexity index is 631. The number of fused-ring (bicyclic) bond motifs is 1. The average molecular weight is 217 g/mol. The van der Waals surface area contributed by atoms with E-state index in [1.54, 1.807) is 38.2 Å². The third-order valence-electron chi connectivity index (χ3n) is 2.39. The molecule has 0 spiro atoms. The van der Waals surface area contributed by atoms with Gasteiger partial charge >= 0.3 is 5.76 Å². The first-order valence-electron chi connectivity index (χ1n) is 4.90. The number of benzene rings is 1. The number of carbonyl (C=O) groups excluding carboxylic acids is 1. The molecule has 0 aliphatic carbocycles. The minimum absolute atomic E-state index is 0.101. The number of aromatic nitrogens is 1. The molecule has 0 atom stereocenters. The number of carbonyl (C=O) groups is 1. The van der Waals surface area contributed by atoms with Crippen LogP contribution in [0.5, 0.6) is 0 Å². The summed E-state index contributed by atoms with van der Waals surface area (Å²) in [6.45, 7) is 1.78. The lowest BCUT2D eigenvalue weighted by Gasteiger charge is -1.95. The molecule has 0 bridgehead atoms. The number of allylic oxidation sites excluding steroid dienone is 2. The van der Waals surface area contributed by atoms with Gasteiger partial charge in [0.25, 0.3) is 0 Å². The van der Waals surface area contributed by atoms with E-state index in [1.165, 1.54) is 10.6 Å². The molecule has 0 aliphatic rings. The normalized spacial score (nSPS) is 11.4. The van der Waals surface area contributed by atoms with Crippen LogP contribution in [0.2, 0.25) is 0 Å². The van der Waals surface area contributed by atoms with E-state index in [4.69, 9.17) is 4.42 Å². The molecule has 82 valence electrons. The molecule has 0 saturated heterocycles. The highest BCUT2D eigenvalue weighted by Crippen LogP contribution is 2.14. The Morgan fingerprint density at radius 3 is 2.88 bits per heavy atom. The Balaban J connectivity index is 2.61. The monoisotopic (exact) mass is 217 g/mol. The minimum Gasteiger partial charge on any atom is -0.408 e. The lowest BCUT2D eigenvalue weighted by atomic mass is 10.1. The lowest BCUT2D eigenvalue weighted by molar-refractivity contribution is 0.104. The predicted octanol–water partition coefficient (Wildman–Crippen LogP) is 1.89. The Hall–Kier alpha value is -2.10. The van der Waals surface area contributed by atoms with Crippen LogP contribution in [0.1, 0.15) is 17.3 Å². The fraction of sp³-hybridized carbons (Fsp3) is 0.167. The van der Waals surface area contributed by atoms with E-state index in [-0.39, 0.29) is 5.78 Å². The average Bonchev–Trinajstić information content (AvgIpc) is 2.55. The highest BCUT2D eigenvalue weighted by molar-refractivity contribution is 6.05. The molecule has 16 heavy (non-hydrogen) atoms. The maximum atomic E-state index is 11.6. The van der Waals surface area contributed by atoms with Crippen molar-refractivity contribution >= 4 is 16.9 Å². The highest BCUT2D eigenvalue weighted by atomic mass is 16.4. The number of hydrogen-bond acceptors (Lipinski definition) is 3. The lowest BCUT2D eigenvalue weighted by Crippen LogP contribution is -2.08. The SMILES string of the molecule is C/C=C/C(=O)c1ccc2c(c1)oc(=O)n2C. The second-order valence-corrected chi connectivity index (χ2v) is 3.47. The van der Waals surface area contributed by atoms with Crippen molar-refractivity contribution in [1.29, 1.82) is 0 Å². The molecular weight excluding hydrogens is 206 g/mol. The summed E-state index contributed by atoms with van der Waals surface area (Å²) >= 11 is 0. The number of rotatable bonds is 2. The van der Waals surface area contributed by atoms with E-state index in [0.717, 1.165) is 0 Å². The van der Waals surface area contributed by atoms with Gasteiger partial charge in [0, 0.05) is 12.6 Å². The summed E-state index contributed by atoms with van der Waals surface area (Å²) in [6.07, 6.45) is 3.15. The maximum absolute atomic E-state index is 11.6. The summed E-state index contributed by atoms with van der Waals surface area (Å²) in [4.78, 5) is 22.8. The quantitative estimate of drug-likeness (QED) is 0.570. The van der Waals surface area contributed by atoms with Crippen molar-refractivity contribution in [2.75, 3.05) is 0 Å². The number of ketones is 1. The standard InChI is InChI=1S/C12H11NO3/c1-3-4-10(14)8-5-6-9-11(7-8)16-12(15)13(9)2/h3-7H,1-2H3/b4-3+. The molecule has 0 unspecified atom stereocenters. The fourth-order valence-electron chi connectivity index (χ4n) is 1.53. The van der Waals surface area contributed by atoms with Gasteiger partial charge in [-0.25, -0.2) is 4.79 Å². The number of hydrogen-bond donors (Lipinski definition) is 0. The molecule has 0 amide bonds. The van der Waals surface area contributed by atoms with Gasteiger partial charge < -0.3 is 4.42 Å². The third-order valence-corrected chi connectivity index (χ3v) is 2.39. The molecule has 4 nitrogen and oxygen atoms in total. The summed E-state index contributed by atoms with van der Waals surface area (Å²) in [5.41, 5.74) is 1.63. The van der Waals surface area contributed by atoms with Crippen molar-refractivity contribution in [2.45, 2.75) is 6.92 Å². The van der Waals surface area contributed by atoms with Gasteiger partial charge in [0.1, 0.15) is 0 Å². The van der Waals surface area contributed by atoms with Gasteiger partial charge in [0.2, 0.25) is 0 Å². The van der Waals surface area contributed by atoms with Gasteiger partial charge in [-0.2, -0.15) is 0 Å². The van der Waals surface area contributed by atoms with Gasteiger partial charge in [-0.15, -0.1) is 0 Å². The van der Waals surface area contributed by atoms with Crippen LogP contribution in [0, 0.1) is 0 Å². The maximum Gasteiger partial charge on any atom is 0.419 e. The first kappa shape index (κ1) is 10.4. The van der Waals surface area contributed by atoms with Crippen molar-refractivity contribution in [1.82, 2.24) is 4.57 Å². The first-order chi connectivity index (χ1) is 7.63. The van der Waals surface area contributed by atoms with Crippen LogP contribution in [-0.2, 0) is 7.05 Å². The fourth-order valence-corrected chi connectivity index (χ4v) is 1.53. The van der Waals surface area contributed by atoms with Crippen LogP contribution in [0.3, 0.4) is 0 Å². The molecule has 0 fully saturated rings. The van der Waals surface area contributed by atoms with Crippen LogP contribution in [0.25, 0.3) is 11.1 Å². The van der Waals surface area contributed by atoms with E-state index in [2.05, 4.69) is 0 Å². The zero-order valence-corrected chi connectivity index (χ0v) is 9.06. The van der Waals surface area contributed by atoms with E-state index in [1.807, 2.05) is 0 Å². The first-order valence-corrected chi connectivity index (χ1v) is 4.90. The van der Waals surface area contributed by atoms with Gasteiger partial charge in [-0.1, -0.05) is 6.08 Å². The molecule has 0 aliphatic heterocycles. The number of aryl methyl sites for hydroxylation is 1. The van der Waals surface area contributed by atoms with Crippen molar-refractivity contribution < 1.29 is 9.21 Å². The van der Waals surface area contributed by atoms with Crippen LogP contribution in [-0.4, -0.2) is 10.4 Å². The van der Waals surface area contributed by atoms with Crippen LogP contribution in [0.15, 0.2) is 39.6 Å². The summed E-state index contributed by atoms with van der Waals surface area (Å²) in [7, 11) is 1.63. The molecule has 2 rings (SSSR count). The van der Waals surface area contributed by atoms with E-state index < -0.39 is 5.76 Å².